The zero-order chi connectivity index (χ0) is 22.1. The van der Waals surface area contributed by atoms with Gasteiger partial charge in [-0.25, -0.2) is 0 Å². The van der Waals surface area contributed by atoms with Crippen LogP contribution in [0.15, 0.2) is 71.0 Å². The first-order chi connectivity index (χ1) is 14.8. The molecule has 0 spiro atoms. The quantitative estimate of drug-likeness (QED) is 0.548. The molecule has 1 aliphatic heterocycles. The molecule has 0 saturated heterocycles. The molecule has 2 heterocycles. The molecular formula is C26H26N2O3. The highest BCUT2D eigenvalue weighted by molar-refractivity contribution is 6.36. The van der Waals surface area contributed by atoms with Crippen molar-refractivity contribution in [2.75, 3.05) is 5.32 Å². The molecule has 0 unspecified atom stereocenters. The summed E-state index contributed by atoms with van der Waals surface area (Å²) in [5, 5.41) is 3.22. The van der Waals surface area contributed by atoms with Crippen LogP contribution >= 0.6 is 0 Å². The Balaban J connectivity index is 1.75. The number of hydrogen-bond donors (Lipinski definition) is 1. The zero-order valence-electron chi connectivity index (χ0n) is 18.2. The number of carbonyl (C=O) groups is 2. The molecule has 0 atom stereocenters. The van der Waals surface area contributed by atoms with Crippen molar-refractivity contribution in [2.45, 2.75) is 40.2 Å². The molecule has 31 heavy (non-hydrogen) atoms. The van der Waals surface area contributed by atoms with Crippen molar-refractivity contribution in [3.63, 3.8) is 0 Å². The number of rotatable bonds is 6. The van der Waals surface area contributed by atoms with E-state index in [0.717, 1.165) is 22.4 Å². The van der Waals surface area contributed by atoms with Crippen LogP contribution in [0.5, 0.6) is 0 Å². The smallest absolute Gasteiger partial charge is 0.278 e. The van der Waals surface area contributed by atoms with Gasteiger partial charge in [0.1, 0.15) is 11.5 Å². The fraction of sp³-hybridized carbons (Fsp3) is 0.231. The third-order valence-electron chi connectivity index (χ3n) is 5.56. The molecule has 1 aliphatic rings. The summed E-state index contributed by atoms with van der Waals surface area (Å²) in [6.45, 7) is 8.32. The highest BCUT2D eigenvalue weighted by atomic mass is 16.3. The summed E-state index contributed by atoms with van der Waals surface area (Å²) in [6.07, 6.45) is 1.54. The number of hydrogen-bond acceptors (Lipinski definition) is 4. The lowest BCUT2D eigenvalue weighted by Crippen LogP contribution is -2.31. The summed E-state index contributed by atoms with van der Waals surface area (Å²) in [5.41, 5.74) is 5.47. The molecule has 0 saturated carbocycles. The highest BCUT2D eigenvalue weighted by Crippen LogP contribution is 2.33. The molecule has 158 valence electrons. The predicted molar refractivity (Wildman–Crippen MR) is 121 cm³/mol. The van der Waals surface area contributed by atoms with Crippen molar-refractivity contribution in [2.24, 2.45) is 0 Å². The Morgan fingerprint density at radius 3 is 2.32 bits per heavy atom. The van der Waals surface area contributed by atoms with Crippen LogP contribution in [-0.4, -0.2) is 16.7 Å². The summed E-state index contributed by atoms with van der Waals surface area (Å²) in [7, 11) is 0. The average molecular weight is 415 g/mol. The van der Waals surface area contributed by atoms with E-state index in [1.54, 1.807) is 12.1 Å². The number of nitrogens with one attached hydrogen (secondary N) is 1. The normalized spacial score (nSPS) is 14.2. The SMILES string of the molecule is Cc1ccc(C2=C(Nc3ccc(C(C)C)cc3)C(=O)N(Cc3ccco3)C2=O)c(C)c1. The fourth-order valence-corrected chi connectivity index (χ4v) is 3.83. The van der Waals surface area contributed by atoms with E-state index >= 15 is 0 Å². The molecule has 0 radical (unpaired) electrons. The Morgan fingerprint density at radius 2 is 1.71 bits per heavy atom. The van der Waals surface area contributed by atoms with Gasteiger partial charge in [0.2, 0.25) is 0 Å². The second-order valence-corrected chi connectivity index (χ2v) is 8.25. The van der Waals surface area contributed by atoms with E-state index in [-0.39, 0.29) is 18.4 Å². The van der Waals surface area contributed by atoms with Gasteiger partial charge in [-0.15, -0.1) is 0 Å². The van der Waals surface area contributed by atoms with Gasteiger partial charge in [0.25, 0.3) is 11.8 Å². The van der Waals surface area contributed by atoms with Gasteiger partial charge in [-0.2, -0.15) is 0 Å². The van der Waals surface area contributed by atoms with E-state index in [1.807, 2.05) is 56.3 Å². The van der Waals surface area contributed by atoms with Gasteiger partial charge in [0.05, 0.1) is 18.4 Å². The van der Waals surface area contributed by atoms with Gasteiger partial charge in [-0.05, 0) is 60.7 Å². The monoisotopic (exact) mass is 414 g/mol. The fourth-order valence-electron chi connectivity index (χ4n) is 3.83. The van der Waals surface area contributed by atoms with E-state index < -0.39 is 0 Å². The topological polar surface area (TPSA) is 62.6 Å². The van der Waals surface area contributed by atoms with E-state index in [4.69, 9.17) is 4.42 Å². The minimum absolute atomic E-state index is 0.0938. The molecule has 3 aromatic rings. The summed E-state index contributed by atoms with van der Waals surface area (Å²) < 4.78 is 5.38. The third-order valence-corrected chi connectivity index (χ3v) is 5.56. The average Bonchev–Trinajstić information content (AvgIpc) is 3.32. The van der Waals surface area contributed by atoms with Crippen LogP contribution < -0.4 is 5.32 Å². The first kappa shape index (κ1) is 20.7. The number of amides is 2. The molecule has 0 bridgehead atoms. The lowest BCUT2D eigenvalue weighted by atomic mass is 9.97. The van der Waals surface area contributed by atoms with Crippen LogP contribution in [0, 0.1) is 13.8 Å². The lowest BCUT2D eigenvalue weighted by molar-refractivity contribution is -0.137. The number of furan rings is 1. The van der Waals surface area contributed by atoms with Crippen molar-refractivity contribution in [3.05, 3.63) is 94.6 Å². The van der Waals surface area contributed by atoms with Crippen LogP contribution in [0.4, 0.5) is 5.69 Å². The lowest BCUT2D eigenvalue weighted by Gasteiger charge is -2.14. The largest absolute Gasteiger partial charge is 0.467 e. The van der Waals surface area contributed by atoms with Crippen molar-refractivity contribution < 1.29 is 14.0 Å². The summed E-state index contributed by atoms with van der Waals surface area (Å²) >= 11 is 0. The Kier molecular flexibility index (Phi) is 5.51. The Hall–Kier alpha value is -3.60. The molecule has 4 rings (SSSR count). The molecule has 5 heteroatoms. The first-order valence-electron chi connectivity index (χ1n) is 10.4. The maximum atomic E-state index is 13.4. The molecule has 1 aromatic heterocycles. The van der Waals surface area contributed by atoms with E-state index in [0.29, 0.717) is 22.9 Å². The van der Waals surface area contributed by atoms with Crippen molar-refractivity contribution >= 4 is 23.1 Å². The summed E-state index contributed by atoms with van der Waals surface area (Å²) in [5.74, 6) is 0.292. The van der Waals surface area contributed by atoms with Crippen LogP contribution in [0.1, 0.15) is 47.8 Å². The van der Waals surface area contributed by atoms with Crippen LogP contribution in [0.25, 0.3) is 5.57 Å². The third kappa shape index (κ3) is 4.04. The van der Waals surface area contributed by atoms with Crippen molar-refractivity contribution in [3.8, 4) is 0 Å². The van der Waals surface area contributed by atoms with Gasteiger partial charge < -0.3 is 9.73 Å². The van der Waals surface area contributed by atoms with E-state index in [9.17, 15) is 9.59 Å². The second-order valence-electron chi connectivity index (χ2n) is 8.25. The second kappa shape index (κ2) is 8.26. The zero-order valence-corrected chi connectivity index (χ0v) is 18.2. The molecule has 5 nitrogen and oxygen atoms in total. The Labute approximate surface area is 182 Å². The van der Waals surface area contributed by atoms with Crippen LogP contribution in [0.3, 0.4) is 0 Å². The number of anilines is 1. The van der Waals surface area contributed by atoms with Gasteiger partial charge in [-0.3, -0.25) is 14.5 Å². The van der Waals surface area contributed by atoms with E-state index in [2.05, 4.69) is 19.2 Å². The number of benzene rings is 2. The Bertz CT molecular complexity index is 1160. The van der Waals surface area contributed by atoms with Crippen LogP contribution in [-0.2, 0) is 16.1 Å². The highest BCUT2D eigenvalue weighted by Gasteiger charge is 2.40. The van der Waals surface area contributed by atoms with Gasteiger partial charge in [0.15, 0.2) is 0 Å². The first-order valence-corrected chi connectivity index (χ1v) is 10.4. The maximum absolute atomic E-state index is 13.4. The molecule has 0 fully saturated rings. The predicted octanol–water partition coefficient (Wildman–Crippen LogP) is 5.41. The minimum atomic E-state index is -0.357. The standard InChI is InChI=1S/C26H26N2O3/c1-16(2)19-8-10-20(11-9-19)27-24-23(22-12-7-17(3)14-18(22)4)25(29)28(26(24)30)15-21-6-5-13-31-21/h5-14,16,27H,15H2,1-4H3. The number of carbonyl (C=O) groups excluding carboxylic acids is 2. The van der Waals surface area contributed by atoms with Crippen molar-refractivity contribution in [1.82, 2.24) is 4.90 Å². The maximum Gasteiger partial charge on any atom is 0.278 e. The number of imide groups is 1. The number of aryl methyl sites for hydroxylation is 2. The molecule has 1 N–H and O–H groups in total. The molecule has 2 aromatic carbocycles. The van der Waals surface area contributed by atoms with Gasteiger partial charge in [-0.1, -0.05) is 49.7 Å². The summed E-state index contributed by atoms with van der Waals surface area (Å²) in [4.78, 5) is 28.0. The van der Waals surface area contributed by atoms with E-state index in [1.165, 1.54) is 16.7 Å². The number of nitrogens with zero attached hydrogens (tertiary/aromatic N) is 1. The molecule has 0 aliphatic carbocycles. The Morgan fingerprint density at radius 1 is 0.968 bits per heavy atom. The van der Waals surface area contributed by atoms with Crippen molar-refractivity contribution in [1.29, 1.82) is 0 Å². The summed E-state index contributed by atoms with van der Waals surface area (Å²) in [6, 6.07) is 17.3. The van der Waals surface area contributed by atoms with Gasteiger partial charge in [0, 0.05) is 5.69 Å². The van der Waals surface area contributed by atoms with Gasteiger partial charge >= 0.3 is 0 Å². The minimum Gasteiger partial charge on any atom is -0.467 e. The molecule has 2 amide bonds. The molecular weight excluding hydrogens is 388 g/mol. The van der Waals surface area contributed by atoms with Crippen LogP contribution in [0.2, 0.25) is 0 Å².